The van der Waals surface area contributed by atoms with E-state index in [1.165, 1.54) is 13.2 Å². The Morgan fingerprint density at radius 1 is 1.17 bits per heavy atom. The zero-order valence-electron chi connectivity index (χ0n) is 12.4. The molecule has 0 aliphatic rings. The van der Waals surface area contributed by atoms with Crippen LogP contribution in [-0.2, 0) is 0 Å². The second-order valence-corrected chi connectivity index (χ2v) is 4.77. The van der Waals surface area contributed by atoms with Crippen molar-refractivity contribution in [3.8, 4) is 17.2 Å². The van der Waals surface area contributed by atoms with Gasteiger partial charge in [0.05, 0.1) is 12.7 Å². The Labute approximate surface area is 133 Å². The molecule has 0 saturated heterocycles. The number of imidazole rings is 1. The van der Waals surface area contributed by atoms with E-state index in [0.717, 1.165) is 5.69 Å². The van der Waals surface area contributed by atoms with Gasteiger partial charge in [-0.3, -0.25) is 14.7 Å². The first kappa shape index (κ1) is 14.6. The average Bonchev–Trinajstić information content (AvgIpc) is 3.04. The molecule has 2 N–H and O–H groups in total. The molecule has 6 heteroatoms. The fourth-order valence-electron chi connectivity index (χ4n) is 2.23. The van der Waals surface area contributed by atoms with Crippen LogP contribution in [0, 0.1) is 0 Å². The quantitative estimate of drug-likeness (QED) is 0.777. The van der Waals surface area contributed by atoms with Crippen molar-refractivity contribution in [3.63, 3.8) is 0 Å². The van der Waals surface area contributed by atoms with Crippen LogP contribution in [0.4, 0.5) is 5.95 Å². The number of carbonyl (C=O) groups is 1. The molecule has 0 spiro atoms. The molecule has 0 aliphatic carbocycles. The molecule has 0 radical (unpaired) electrons. The minimum absolute atomic E-state index is 0.118. The van der Waals surface area contributed by atoms with Gasteiger partial charge in [-0.05, 0) is 24.3 Å². The molecular weight excluding hydrogens is 294 g/mol. The third-order valence-corrected chi connectivity index (χ3v) is 3.36. The van der Waals surface area contributed by atoms with Crippen LogP contribution in [0.3, 0.4) is 0 Å². The fraction of sp³-hybridized carbons (Fsp3) is 0.0588. The van der Waals surface area contributed by atoms with Gasteiger partial charge in [-0.2, -0.15) is 0 Å². The predicted octanol–water partition coefficient (Wildman–Crippen LogP) is 2.84. The third-order valence-electron chi connectivity index (χ3n) is 3.36. The van der Waals surface area contributed by atoms with Crippen molar-refractivity contribution in [2.75, 3.05) is 12.4 Å². The summed E-state index contributed by atoms with van der Waals surface area (Å²) in [4.78, 5) is 16.6. The van der Waals surface area contributed by atoms with E-state index < -0.39 is 5.91 Å². The number of phenolic OH excluding ortho intramolecular Hbond substituents is 1. The average molecular weight is 309 g/mol. The van der Waals surface area contributed by atoms with E-state index in [2.05, 4.69) is 10.3 Å². The summed E-state index contributed by atoms with van der Waals surface area (Å²) in [5.41, 5.74) is 0.988. The third kappa shape index (κ3) is 2.87. The van der Waals surface area contributed by atoms with Gasteiger partial charge < -0.3 is 9.84 Å². The smallest absolute Gasteiger partial charge is 0.261 e. The van der Waals surface area contributed by atoms with Crippen molar-refractivity contribution in [1.82, 2.24) is 9.55 Å². The van der Waals surface area contributed by atoms with Crippen molar-refractivity contribution < 1.29 is 14.6 Å². The molecule has 6 nitrogen and oxygen atoms in total. The number of methoxy groups -OCH3 is 1. The summed E-state index contributed by atoms with van der Waals surface area (Å²) < 4.78 is 6.76. The Morgan fingerprint density at radius 3 is 2.70 bits per heavy atom. The zero-order chi connectivity index (χ0) is 16.2. The molecule has 1 aromatic heterocycles. The van der Waals surface area contributed by atoms with E-state index in [0.29, 0.717) is 5.95 Å². The molecule has 2 aromatic carbocycles. The Balaban J connectivity index is 1.89. The number of para-hydroxylation sites is 2. The van der Waals surface area contributed by atoms with Gasteiger partial charge in [0.2, 0.25) is 5.95 Å². The van der Waals surface area contributed by atoms with Crippen molar-refractivity contribution in [2.24, 2.45) is 0 Å². The van der Waals surface area contributed by atoms with Crippen LogP contribution in [0.25, 0.3) is 5.69 Å². The van der Waals surface area contributed by atoms with E-state index >= 15 is 0 Å². The Hall–Kier alpha value is -3.28. The van der Waals surface area contributed by atoms with Crippen LogP contribution < -0.4 is 10.1 Å². The summed E-state index contributed by atoms with van der Waals surface area (Å²) in [6, 6.07) is 14.2. The first-order valence-electron chi connectivity index (χ1n) is 6.97. The van der Waals surface area contributed by atoms with Crippen LogP contribution in [0.1, 0.15) is 10.4 Å². The van der Waals surface area contributed by atoms with Gasteiger partial charge in [0, 0.05) is 18.1 Å². The van der Waals surface area contributed by atoms with Crippen LogP contribution in [0.15, 0.2) is 60.9 Å². The molecule has 0 unspecified atom stereocenters. The second kappa shape index (κ2) is 6.23. The number of carbonyl (C=O) groups excluding carboxylic acids is 1. The fourth-order valence-corrected chi connectivity index (χ4v) is 2.23. The van der Waals surface area contributed by atoms with Gasteiger partial charge in [0.15, 0.2) is 11.5 Å². The number of benzene rings is 2. The molecule has 116 valence electrons. The number of ether oxygens (including phenoxy) is 1. The highest BCUT2D eigenvalue weighted by molar-refractivity contribution is 6.06. The van der Waals surface area contributed by atoms with Gasteiger partial charge in [0.25, 0.3) is 5.91 Å². The molecule has 0 atom stereocenters. The molecule has 23 heavy (non-hydrogen) atoms. The number of nitrogens with one attached hydrogen (secondary N) is 1. The molecule has 0 bridgehead atoms. The lowest BCUT2D eigenvalue weighted by molar-refractivity contribution is 0.102. The normalized spacial score (nSPS) is 10.3. The van der Waals surface area contributed by atoms with Crippen LogP contribution in [0.5, 0.6) is 11.5 Å². The van der Waals surface area contributed by atoms with Crippen molar-refractivity contribution in [1.29, 1.82) is 0 Å². The number of amides is 1. The number of phenols is 1. The monoisotopic (exact) mass is 309 g/mol. The summed E-state index contributed by atoms with van der Waals surface area (Å²) in [5, 5.41) is 12.8. The minimum atomic E-state index is -0.468. The predicted molar refractivity (Wildman–Crippen MR) is 86.2 cm³/mol. The summed E-state index contributed by atoms with van der Waals surface area (Å²) in [6.45, 7) is 0. The lowest BCUT2D eigenvalue weighted by Crippen LogP contribution is -2.15. The Morgan fingerprint density at radius 2 is 1.96 bits per heavy atom. The van der Waals surface area contributed by atoms with E-state index in [1.807, 2.05) is 30.3 Å². The number of anilines is 1. The van der Waals surface area contributed by atoms with Crippen molar-refractivity contribution in [3.05, 3.63) is 66.5 Å². The van der Waals surface area contributed by atoms with Gasteiger partial charge in [-0.1, -0.05) is 24.3 Å². The summed E-state index contributed by atoms with van der Waals surface area (Å²) >= 11 is 0. The maximum Gasteiger partial charge on any atom is 0.261 e. The summed E-state index contributed by atoms with van der Waals surface area (Å²) in [5.74, 6) is -0.0671. The standard InChI is InChI=1S/C17H15N3O3/c1-23-14-9-5-8-13(15(14)21)16(22)19-17-18-10-11-20(17)12-6-3-2-4-7-12/h2-11,21H,1H3,(H,18,19,22). The SMILES string of the molecule is COc1cccc(C(=O)Nc2nccn2-c2ccccc2)c1O. The maximum absolute atomic E-state index is 12.4. The van der Waals surface area contributed by atoms with Crippen LogP contribution in [0.2, 0.25) is 0 Å². The van der Waals surface area contributed by atoms with E-state index in [4.69, 9.17) is 4.74 Å². The first-order valence-corrected chi connectivity index (χ1v) is 6.97. The molecule has 3 rings (SSSR count). The lowest BCUT2D eigenvalue weighted by Gasteiger charge is -2.11. The lowest BCUT2D eigenvalue weighted by atomic mass is 10.1. The topological polar surface area (TPSA) is 76.4 Å². The molecule has 0 fully saturated rings. The highest BCUT2D eigenvalue weighted by Crippen LogP contribution is 2.29. The molecule has 0 saturated carbocycles. The highest BCUT2D eigenvalue weighted by atomic mass is 16.5. The van der Waals surface area contributed by atoms with E-state index in [9.17, 15) is 9.90 Å². The summed E-state index contributed by atoms with van der Waals surface area (Å²) in [7, 11) is 1.43. The molecule has 1 amide bonds. The largest absolute Gasteiger partial charge is 0.504 e. The Kier molecular flexibility index (Phi) is 3.97. The van der Waals surface area contributed by atoms with Gasteiger partial charge in [-0.25, -0.2) is 4.98 Å². The summed E-state index contributed by atoms with van der Waals surface area (Å²) in [6.07, 6.45) is 3.34. The number of hydrogen-bond acceptors (Lipinski definition) is 4. The second-order valence-electron chi connectivity index (χ2n) is 4.77. The van der Waals surface area contributed by atoms with Crippen LogP contribution in [-0.4, -0.2) is 27.7 Å². The maximum atomic E-state index is 12.4. The number of hydrogen-bond donors (Lipinski definition) is 2. The van der Waals surface area contributed by atoms with Gasteiger partial charge >= 0.3 is 0 Å². The molecule has 3 aromatic rings. The first-order chi connectivity index (χ1) is 11.2. The number of aromatic nitrogens is 2. The Bertz CT molecular complexity index is 828. The molecule has 0 aliphatic heterocycles. The van der Waals surface area contributed by atoms with Gasteiger partial charge in [-0.15, -0.1) is 0 Å². The zero-order valence-corrected chi connectivity index (χ0v) is 12.4. The van der Waals surface area contributed by atoms with E-state index in [-0.39, 0.29) is 17.1 Å². The highest BCUT2D eigenvalue weighted by Gasteiger charge is 2.17. The minimum Gasteiger partial charge on any atom is -0.504 e. The van der Waals surface area contributed by atoms with Crippen LogP contribution >= 0.6 is 0 Å². The van der Waals surface area contributed by atoms with Gasteiger partial charge in [0.1, 0.15) is 0 Å². The molecular formula is C17H15N3O3. The number of rotatable bonds is 4. The molecule has 1 heterocycles. The van der Waals surface area contributed by atoms with Crippen molar-refractivity contribution >= 4 is 11.9 Å². The number of aromatic hydroxyl groups is 1. The van der Waals surface area contributed by atoms with E-state index in [1.54, 1.807) is 29.1 Å². The number of nitrogens with zero attached hydrogens (tertiary/aromatic N) is 2. The van der Waals surface area contributed by atoms with Crippen molar-refractivity contribution in [2.45, 2.75) is 0 Å².